The standard InChI is InChI=1S/C14H16N2O3S2/c1-9(2)16(6-13(18)19)12(17)5-11-8-21-14(15-11)10-3-4-20-7-10/h3-4,7-9H,5-6H2,1-2H3,(H,18,19). The molecule has 1 amide bonds. The highest BCUT2D eigenvalue weighted by molar-refractivity contribution is 7.14. The molecule has 2 rings (SSSR count). The van der Waals surface area contributed by atoms with Crippen molar-refractivity contribution in [2.45, 2.75) is 26.3 Å². The van der Waals surface area contributed by atoms with Crippen LogP contribution in [0.4, 0.5) is 0 Å². The van der Waals surface area contributed by atoms with Crippen LogP contribution >= 0.6 is 22.7 Å². The molecule has 0 aromatic carbocycles. The lowest BCUT2D eigenvalue weighted by Gasteiger charge is -2.24. The fourth-order valence-corrected chi connectivity index (χ4v) is 3.40. The number of amides is 1. The van der Waals surface area contributed by atoms with Gasteiger partial charge >= 0.3 is 5.97 Å². The van der Waals surface area contributed by atoms with E-state index in [1.54, 1.807) is 25.2 Å². The van der Waals surface area contributed by atoms with E-state index >= 15 is 0 Å². The molecule has 7 heteroatoms. The number of hydrogen-bond donors (Lipinski definition) is 1. The van der Waals surface area contributed by atoms with Crippen molar-refractivity contribution in [3.63, 3.8) is 0 Å². The smallest absolute Gasteiger partial charge is 0.323 e. The van der Waals surface area contributed by atoms with Crippen molar-refractivity contribution in [3.05, 3.63) is 27.9 Å². The first-order chi connectivity index (χ1) is 9.97. The van der Waals surface area contributed by atoms with E-state index in [2.05, 4.69) is 4.98 Å². The molecule has 2 aromatic heterocycles. The normalized spacial score (nSPS) is 10.8. The van der Waals surface area contributed by atoms with Crippen LogP contribution in [0.3, 0.4) is 0 Å². The number of carbonyl (C=O) groups excluding carboxylic acids is 1. The zero-order chi connectivity index (χ0) is 15.4. The monoisotopic (exact) mass is 324 g/mol. The van der Waals surface area contributed by atoms with Crippen LogP contribution in [0.15, 0.2) is 22.2 Å². The van der Waals surface area contributed by atoms with Crippen molar-refractivity contribution >= 4 is 34.6 Å². The van der Waals surface area contributed by atoms with Crippen LogP contribution in [-0.2, 0) is 16.0 Å². The van der Waals surface area contributed by atoms with Crippen LogP contribution in [0.1, 0.15) is 19.5 Å². The van der Waals surface area contributed by atoms with Crippen LogP contribution in [0.25, 0.3) is 10.6 Å². The molecule has 0 radical (unpaired) electrons. The molecule has 0 spiro atoms. The molecule has 0 saturated carbocycles. The Morgan fingerprint density at radius 3 is 2.71 bits per heavy atom. The molecule has 0 aliphatic carbocycles. The van der Waals surface area contributed by atoms with E-state index < -0.39 is 5.97 Å². The van der Waals surface area contributed by atoms with Gasteiger partial charge in [0.15, 0.2) is 0 Å². The maximum Gasteiger partial charge on any atom is 0.323 e. The number of nitrogens with zero attached hydrogens (tertiary/aromatic N) is 2. The Balaban J connectivity index is 2.06. The lowest BCUT2D eigenvalue weighted by molar-refractivity contribution is -0.145. The topological polar surface area (TPSA) is 70.5 Å². The van der Waals surface area contributed by atoms with Crippen LogP contribution in [-0.4, -0.2) is 39.5 Å². The highest BCUT2D eigenvalue weighted by Gasteiger charge is 2.21. The number of thiophene rings is 1. The van der Waals surface area contributed by atoms with Gasteiger partial charge in [0, 0.05) is 22.4 Å². The Morgan fingerprint density at radius 1 is 1.38 bits per heavy atom. The molecule has 0 aliphatic heterocycles. The summed E-state index contributed by atoms with van der Waals surface area (Å²) in [7, 11) is 0. The third-order valence-electron chi connectivity index (χ3n) is 2.90. The van der Waals surface area contributed by atoms with E-state index in [1.165, 1.54) is 16.2 Å². The summed E-state index contributed by atoms with van der Waals surface area (Å²) in [5.41, 5.74) is 1.73. The Kier molecular flexibility index (Phi) is 5.08. The lowest BCUT2D eigenvalue weighted by atomic mass is 10.2. The van der Waals surface area contributed by atoms with Crippen LogP contribution in [0, 0.1) is 0 Å². The van der Waals surface area contributed by atoms with E-state index in [0.717, 1.165) is 10.6 Å². The van der Waals surface area contributed by atoms with Gasteiger partial charge in [-0.3, -0.25) is 9.59 Å². The first kappa shape index (κ1) is 15.7. The fraction of sp³-hybridized carbons (Fsp3) is 0.357. The van der Waals surface area contributed by atoms with Gasteiger partial charge in [-0.15, -0.1) is 11.3 Å². The van der Waals surface area contributed by atoms with Gasteiger partial charge in [-0.1, -0.05) is 0 Å². The van der Waals surface area contributed by atoms with Crippen LogP contribution in [0.5, 0.6) is 0 Å². The number of aromatic nitrogens is 1. The van der Waals surface area contributed by atoms with Gasteiger partial charge in [0.05, 0.1) is 12.1 Å². The molecule has 21 heavy (non-hydrogen) atoms. The van der Waals surface area contributed by atoms with E-state index in [0.29, 0.717) is 5.69 Å². The molecule has 112 valence electrons. The summed E-state index contributed by atoms with van der Waals surface area (Å²) < 4.78 is 0. The lowest BCUT2D eigenvalue weighted by Crippen LogP contribution is -2.41. The number of rotatable bonds is 6. The van der Waals surface area contributed by atoms with E-state index in [1.807, 2.05) is 22.2 Å². The average molecular weight is 324 g/mol. The molecule has 0 atom stereocenters. The maximum atomic E-state index is 12.2. The SMILES string of the molecule is CC(C)N(CC(=O)O)C(=O)Cc1csc(-c2ccsc2)n1. The average Bonchev–Trinajstić information content (AvgIpc) is 3.05. The van der Waals surface area contributed by atoms with E-state index in [-0.39, 0.29) is 24.9 Å². The van der Waals surface area contributed by atoms with Crippen molar-refractivity contribution in [2.24, 2.45) is 0 Å². The zero-order valence-electron chi connectivity index (χ0n) is 11.8. The second-order valence-electron chi connectivity index (χ2n) is 4.84. The summed E-state index contributed by atoms with van der Waals surface area (Å²) in [6.45, 7) is 3.33. The first-order valence-corrected chi connectivity index (χ1v) is 8.28. The first-order valence-electron chi connectivity index (χ1n) is 6.45. The number of thiazole rings is 1. The van der Waals surface area contributed by atoms with Crippen molar-refractivity contribution in [1.82, 2.24) is 9.88 Å². The summed E-state index contributed by atoms with van der Waals surface area (Å²) in [5.74, 6) is -1.22. The summed E-state index contributed by atoms with van der Waals surface area (Å²) in [5, 5.41) is 15.6. The molecule has 5 nitrogen and oxygen atoms in total. The van der Waals surface area contributed by atoms with Gasteiger partial charge in [-0.25, -0.2) is 4.98 Å². The summed E-state index contributed by atoms with van der Waals surface area (Å²) in [6.07, 6.45) is 0.131. The Bertz CT molecular complexity index is 620. The molecule has 0 bridgehead atoms. The van der Waals surface area contributed by atoms with Gasteiger partial charge in [-0.2, -0.15) is 11.3 Å². The van der Waals surface area contributed by atoms with Crippen LogP contribution < -0.4 is 0 Å². The largest absolute Gasteiger partial charge is 0.480 e. The second-order valence-corrected chi connectivity index (χ2v) is 6.48. The minimum absolute atomic E-state index is 0.131. The highest BCUT2D eigenvalue weighted by Crippen LogP contribution is 2.26. The molecule has 0 aliphatic rings. The number of carboxylic acid groups (broad SMARTS) is 1. The minimum Gasteiger partial charge on any atom is -0.480 e. The molecular weight excluding hydrogens is 308 g/mol. The van der Waals surface area contributed by atoms with Crippen molar-refractivity contribution < 1.29 is 14.7 Å². The quantitative estimate of drug-likeness (QED) is 0.887. The predicted octanol–water partition coefficient (Wildman–Crippen LogP) is 2.74. The van der Waals surface area contributed by atoms with Gasteiger partial charge in [0.25, 0.3) is 0 Å². The summed E-state index contributed by atoms with van der Waals surface area (Å²) >= 11 is 3.09. The fourth-order valence-electron chi connectivity index (χ4n) is 1.87. The van der Waals surface area contributed by atoms with Gasteiger partial charge in [-0.05, 0) is 25.3 Å². The number of carbonyl (C=O) groups is 2. The van der Waals surface area contributed by atoms with Crippen LogP contribution in [0.2, 0.25) is 0 Å². The van der Waals surface area contributed by atoms with Crippen molar-refractivity contribution in [1.29, 1.82) is 0 Å². The molecule has 1 N–H and O–H groups in total. The number of carboxylic acids is 1. The maximum absolute atomic E-state index is 12.2. The van der Waals surface area contributed by atoms with E-state index in [9.17, 15) is 9.59 Å². The Labute approximate surface area is 130 Å². The zero-order valence-corrected chi connectivity index (χ0v) is 13.4. The second kappa shape index (κ2) is 6.82. The Morgan fingerprint density at radius 2 is 2.14 bits per heavy atom. The molecule has 2 heterocycles. The molecule has 0 saturated heterocycles. The number of aliphatic carboxylic acids is 1. The molecule has 0 unspecified atom stereocenters. The summed E-state index contributed by atoms with van der Waals surface area (Å²) in [4.78, 5) is 28.8. The third-order valence-corrected chi connectivity index (χ3v) is 4.52. The molecule has 2 aromatic rings. The van der Waals surface area contributed by atoms with Gasteiger partial charge in [0.1, 0.15) is 11.6 Å². The predicted molar refractivity (Wildman–Crippen MR) is 83.6 cm³/mol. The van der Waals surface area contributed by atoms with Crippen molar-refractivity contribution in [3.8, 4) is 10.6 Å². The minimum atomic E-state index is -1.01. The molecular formula is C14H16N2O3S2. The van der Waals surface area contributed by atoms with Gasteiger partial charge in [0.2, 0.25) is 5.91 Å². The van der Waals surface area contributed by atoms with Gasteiger partial charge < -0.3 is 10.0 Å². The third kappa shape index (κ3) is 4.12. The molecule has 0 fully saturated rings. The summed E-state index contributed by atoms with van der Waals surface area (Å²) in [6, 6.07) is 1.84. The highest BCUT2D eigenvalue weighted by atomic mass is 32.1. The van der Waals surface area contributed by atoms with E-state index in [4.69, 9.17) is 5.11 Å². The Hall–Kier alpha value is -1.73. The van der Waals surface area contributed by atoms with Crippen molar-refractivity contribution in [2.75, 3.05) is 6.54 Å². The number of hydrogen-bond acceptors (Lipinski definition) is 5.